The van der Waals surface area contributed by atoms with E-state index in [4.69, 9.17) is 0 Å². The zero-order valence-electron chi connectivity index (χ0n) is 10.7. The zero-order chi connectivity index (χ0) is 17.3. The van der Waals surface area contributed by atoms with E-state index >= 15 is 0 Å². The summed E-state index contributed by atoms with van der Waals surface area (Å²) in [5, 5.41) is 9.85. The van der Waals surface area contributed by atoms with Crippen molar-refractivity contribution in [3.63, 3.8) is 0 Å². The van der Waals surface area contributed by atoms with E-state index in [1.807, 2.05) is 0 Å². The Labute approximate surface area is 127 Å². The van der Waals surface area contributed by atoms with Crippen molar-refractivity contribution in [3.8, 4) is 0 Å². The lowest BCUT2D eigenvalue weighted by molar-refractivity contribution is -0.0410. The van der Waals surface area contributed by atoms with Crippen LogP contribution < -0.4 is 4.72 Å². The number of aliphatic hydroxyl groups is 1. The van der Waals surface area contributed by atoms with Gasteiger partial charge in [0.25, 0.3) is 0 Å². The van der Waals surface area contributed by atoms with E-state index in [2.05, 4.69) is 4.18 Å². The second-order valence-corrected chi connectivity index (χ2v) is 8.30. The van der Waals surface area contributed by atoms with E-state index in [0.717, 1.165) is 0 Å². The minimum absolute atomic E-state index is 0.214. The molecule has 4 atom stereocenters. The molecule has 1 saturated carbocycles. The van der Waals surface area contributed by atoms with Gasteiger partial charge in [-0.1, -0.05) is 0 Å². The number of hydrogen-bond donors (Lipinski definition) is 2. The van der Waals surface area contributed by atoms with Gasteiger partial charge in [-0.3, -0.25) is 4.18 Å². The predicted molar refractivity (Wildman–Crippen MR) is 64.5 cm³/mol. The summed E-state index contributed by atoms with van der Waals surface area (Å²) in [7, 11) is -15.2. The third-order valence-corrected chi connectivity index (χ3v) is 4.89. The van der Waals surface area contributed by atoms with E-state index in [1.165, 1.54) is 4.72 Å². The molecule has 1 aliphatic carbocycles. The minimum atomic E-state index is -5.39. The largest absolute Gasteiger partial charge is 0.748 e. The third kappa shape index (κ3) is 6.80. The molecule has 1 fully saturated rings. The second kappa shape index (κ2) is 6.62. The lowest BCUT2D eigenvalue weighted by Gasteiger charge is -2.40. The van der Waals surface area contributed by atoms with Gasteiger partial charge in [0, 0.05) is 11.7 Å². The van der Waals surface area contributed by atoms with Crippen molar-refractivity contribution in [2.24, 2.45) is 5.92 Å². The van der Waals surface area contributed by atoms with Crippen LogP contribution in [0, 0.1) is 5.92 Å². The highest BCUT2D eigenvalue weighted by molar-refractivity contribution is 7.85. The van der Waals surface area contributed by atoms with Gasteiger partial charge in [-0.05, 0) is 12.8 Å². The predicted octanol–water partition coefficient (Wildman–Crippen LogP) is -3.43. The van der Waals surface area contributed by atoms with Crippen molar-refractivity contribution >= 4 is 30.8 Å². The Morgan fingerprint density at radius 1 is 1.05 bits per heavy atom. The van der Waals surface area contributed by atoms with Crippen LogP contribution in [0.15, 0.2) is 0 Å². The number of aliphatic hydroxyl groups excluding tert-OH is 1. The SMILES string of the molecule is O=S(=O)([O-])CC1CCC(NS(=O)(=O)[O-])[C@H](OS(=O)(=O)[O-])[C@@H]1O. The summed E-state index contributed by atoms with van der Waals surface area (Å²) < 4.78 is 101. The van der Waals surface area contributed by atoms with Gasteiger partial charge in [0.15, 0.2) is 10.3 Å². The molecule has 22 heavy (non-hydrogen) atoms. The Hall–Kier alpha value is -0.390. The molecule has 0 aromatic rings. The fourth-order valence-corrected chi connectivity index (χ4v) is 4.28. The molecule has 132 valence electrons. The van der Waals surface area contributed by atoms with Crippen molar-refractivity contribution in [2.75, 3.05) is 5.75 Å². The van der Waals surface area contributed by atoms with Crippen molar-refractivity contribution < 1.29 is 48.2 Å². The van der Waals surface area contributed by atoms with Gasteiger partial charge in [-0.15, -0.1) is 0 Å². The Bertz CT molecular complexity index is 696. The molecule has 0 spiro atoms. The van der Waals surface area contributed by atoms with Crippen molar-refractivity contribution in [1.29, 1.82) is 0 Å². The Kier molecular flexibility index (Phi) is 5.91. The van der Waals surface area contributed by atoms with Gasteiger partial charge in [-0.25, -0.2) is 30.0 Å². The summed E-state index contributed by atoms with van der Waals surface area (Å²) >= 11 is 0. The number of rotatable bonds is 6. The molecule has 15 heteroatoms. The first kappa shape index (κ1) is 19.7. The summed E-state index contributed by atoms with van der Waals surface area (Å²) in [6.45, 7) is 0. The van der Waals surface area contributed by atoms with Crippen LogP contribution in [0.3, 0.4) is 0 Å². The first-order valence-electron chi connectivity index (χ1n) is 5.67. The van der Waals surface area contributed by atoms with Crippen molar-refractivity contribution in [2.45, 2.75) is 31.1 Å². The lowest BCUT2D eigenvalue weighted by atomic mass is 9.83. The van der Waals surface area contributed by atoms with Crippen molar-refractivity contribution in [3.05, 3.63) is 0 Å². The summed E-state index contributed by atoms with van der Waals surface area (Å²) in [5.74, 6) is -2.34. The maximum absolute atomic E-state index is 10.7. The van der Waals surface area contributed by atoms with Gasteiger partial charge in [-0.2, -0.15) is 0 Å². The molecule has 0 aliphatic heterocycles. The molecule has 1 rings (SSSR count). The smallest absolute Gasteiger partial charge is 0.218 e. The van der Waals surface area contributed by atoms with Crippen LogP contribution in [0.5, 0.6) is 0 Å². The third-order valence-electron chi connectivity index (χ3n) is 3.01. The number of nitrogens with one attached hydrogen (secondary N) is 1. The zero-order valence-corrected chi connectivity index (χ0v) is 13.1. The maximum Gasteiger partial charge on any atom is 0.218 e. The molecular formula is C7H12NO11S3-3. The normalized spacial score (nSPS) is 31.1. The topological polar surface area (TPSA) is 213 Å². The Morgan fingerprint density at radius 3 is 2.00 bits per heavy atom. The van der Waals surface area contributed by atoms with Gasteiger partial charge >= 0.3 is 0 Å². The highest BCUT2D eigenvalue weighted by atomic mass is 32.3. The van der Waals surface area contributed by atoms with Gasteiger partial charge in [0.05, 0.1) is 22.3 Å². The molecule has 0 radical (unpaired) electrons. The quantitative estimate of drug-likeness (QED) is 0.340. The average molecular weight is 382 g/mol. The molecule has 12 nitrogen and oxygen atoms in total. The fraction of sp³-hybridized carbons (Fsp3) is 1.00. The maximum atomic E-state index is 10.7. The van der Waals surface area contributed by atoms with Gasteiger partial charge in [0.2, 0.25) is 10.4 Å². The number of hydrogen-bond acceptors (Lipinski definition) is 11. The highest BCUT2D eigenvalue weighted by Gasteiger charge is 2.42. The van der Waals surface area contributed by atoms with Crippen LogP contribution in [0.1, 0.15) is 12.8 Å². The summed E-state index contributed by atoms with van der Waals surface area (Å²) in [6.07, 6.45) is -4.51. The lowest BCUT2D eigenvalue weighted by Crippen LogP contribution is -2.56. The highest BCUT2D eigenvalue weighted by Crippen LogP contribution is 2.29. The average Bonchev–Trinajstić information content (AvgIpc) is 2.22. The second-order valence-electron chi connectivity index (χ2n) is 4.70. The molecule has 0 aromatic heterocycles. The Balaban J connectivity index is 3.04. The molecule has 0 bridgehead atoms. The van der Waals surface area contributed by atoms with E-state index in [9.17, 15) is 44.0 Å². The molecule has 0 heterocycles. The van der Waals surface area contributed by atoms with Crippen LogP contribution in [0.2, 0.25) is 0 Å². The van der Waals surface area contributed by atoms with Gasteiger partial charge < -0.3 is 18.8 Å². The fourth-order valence-electron chi connectivity index (χ4n) is 2.25. The summed E-state index contributed by atoms with van der Waals surface area (Å²) in [4.78, 5) is 0. The monoisotopic (exact) mass is 382 g/mol. The van der Waals surface area contributed by atoms with Crippen molar-refractivity contribution in [1.82, 2.24) is 4.72 Å². The molecule has 2 N–H and O–H groups in total. The molecule has 2 unspecified atom stereocenters. The van der Waals surface area contributed by atoms with Gasteiger partial charge in [0.1, 0.15) is 6.10 Å². The Morgan fingerprint density at radius 2 is 1.59 bits per heavy atom. The molecule has 0 aromatic carbocycles. The van der Waals surface area contributed by atoms with Crippen LogP contribution in [0.4, 0.5) is 0 Å². The molecular weight excluding hydrogens is 370 g/mol. The minimum Gasteiger partial charge on any atom is -0.748 e. The van der Waals surface area contributed by atoms with Crippen LogP contribution in [0.25, 0.3) is 0 Å². The molecule has 0 amide bonds. The van der Waals surface area contributed by atoms with E-state index < -0.39 is 60.7 Å². The van der Waals surface area contributed by atoms with Crippen LogP contribution in [-0.4, -0.2) is 68.0 Å². The summed E-state index contributed by atoms with van der Waals surface area (Å²) in [6, 6.07) is -1.56. The first-order valence-corrected chi connectivity index (χ1v) is 9.99. The standard InChI is InChI=1S/C7H15NO11S3/c9-6-4(3-20(10,11)12)1-2-5(8-21(13,14)15)7(6)19-22(16,17)18/h4-9H,1-3H2,(H,10,11,12)(H,13,14,15)(H,16,17,18)/p-3/t4?,5?,6-,7+/m1/s1. The molecule has 1 aliphatic rings. The van der Waals surface area contributed by atoms with Crippen LogP contribution >= 0.6 is 0 Å². The molecule has 0 saturated heterocycles. The summed E-state index contributed by atoms with van der Waals surface area (Å²) in [5.41, 5.74) is 0. The first-order chi connectivity index (χ1) is 9.68. The van der Waals surface area contributed by atoms with E-state index in [1.54, 1.807) is 0 Å². The van der Waals surface area contributed by atoms with E-state index in [0.29, 0.717) is 0 Å². The van der Waals surface area contributed by atoms with Crippen LogP contribution in [-0.2, 0) is 35.0 Å². The van der Waals surface area contributed by atoms with E-state index in [-0.39, 0.29) is 12.8 Å².